The van der Waals surface area contributed by atoms with Gasteiger partial charge in [0.1, 0.15) is 16.4 Å². The minimum atomic E-state index is -0.388. The normalized spacial score (nSPS) is 11.6. The van der Waals surface area contributed by atoms with E-state index in [-0.39, 0.29) is 11.4 Å². The minimum absolute atomic E-state index is 0.181. The molecule has 5 rings (SSSR count). The molecule has 1 aromatic carbocycles. The highest BCUT2D eigenvalue weighted by molar-refractivity contribution is 7.13. The average molecular weight is 459 g/mol. The third kappa shape index (κ3) is 4.35. The minimum Gasteiger partial charge on any atom is -0.359 e. The number of thiazole rings is 1. The van der Waals surface area contributed by atoms with Crippen LogP contribution in [0.4, 0.5) is 16.3 Å². The van der Waals surface area contributed by atoms with Gasteiger partial charge in [-0.1, -0.05) is 38.1 Å². The summed E-state index contributed by atoms with van der Waals surface area (Å²) in [6.07, 6.45) is 5.64. The van der Waals surface area contributed by atoms with Crippen LogP contribution in [0.5, 0.6) is 0 Å². The van der Waals surface area contributed by atoms with Crippen LogP contribution in [0, 0.1) is 0 Å². The summed E-state index contributed by atoms with van der Waals surface area (Å²) in [4.78, 5) is 21.2. The van der Waals surface area contributed by atoms with E-state index in [4.69, 9.17) is 4.52 Å². The molecule has 0 spiro atoms. The second-order valence-electron chi connectivity index (χ2n) is 8.61. The molecule has 33 heavy (non-hydrogen) atoms. The molecule has 0 radical (unpaired) electrons. The van der Waals surface area contributed by atoms with E-state index >= 15 is 0 Å². The van der Waals surface area contributed by atoms with Gasteiger partial charge in [-0.3, -0.25) is 9.72 Å². The highest BCUT2D eigenvalue weighted by Gasteiger charge is 2.20. The summed E-state index contributed by atoms with van der Waals surface area (Å²) in [6.45, 7) is 6.05. The van der Waals surface area contributed by atoms with Gasteiger partial charge in [-0.25, -0.2) is 14.8 Å². The van der Waals surface area contributed by atoms with Crippen molar-refractivity contribution < 1.29 is 9.32 Å². The first-order chi connectivity index (χ1) is 15.9. The number of hydrogen-bond donors (Lipinski definition) is 2. The number of urea groups is 1. The summed E-state index contributed by atoms with van der Waals surface area (Å²) in [6, 6.07) is 13.0. The van der Waals surface area contributed by atoms with Crippen LogP contribution in [0.25, 0.3) is 27.5 Å². The molecule has 0 bridgehead atoms. The lowest BCUT2D eigenvalue weighted by Crippen LogP contribution is -2.19. The third-order valence-corrected chi connectivity index (χ3v) is 5.94. The number of nitrogens with one attached hydrogen (secondary N) is 2. The number of pyridine rings is 1. The molecule has 0 fully saturated rings. The molecule has 0 atom stereocenters. The maximum atomic E-state index is 12.3. The molecular weight excluding hydrogens is 436 g/mol. The van der Waals surface area contributed by atoms with Crippen LogP contribution in [0.15, 0.2) is 71.0 Å². The molecule has 9 heteroatoms. The first kappa shape index (κ1) is 20.9. The van der Waals surface area contributed by atoms with E-state index in [9.17, 15) is 4.79 Å². The van der Waals surface area contributed by atoms with Crippen LogP contribution in [0.3, 0.4) is 0 Å². The van der Waals surface area contributed by atoms with Crippen LogP contribution in [0.1, 0.15) is 26.5 Å². The van der Waals surface area contributed by atoms with Gasteiger partial charge in [-0.15, -0.1) is 11.3 Å². The van der Waals surface area contributed by atoms with Gasteiger partial charge in [-0.05, 0) is 24.3 Å². The van der Waals surface area contributed by atoms with Crippen molar-refractivity contribution in [2.75, 3.05) is 10.6 Å². The smallest absolute Gasteiger partial charge is 0.324 e. The fraction of sp³-hybridized carbons (Fsp3) is 0.167. The zero-order chi connectivity index (χ0) is 23.0. The number of carbonyl (C=O) groups excluding carboxylic acids is 1. The lowest BCUT2D eigenvalue weighted by Gasteiger charge is -2.12. The summed E-state index contributed by atoms with van der Waals surface area (Å²) in [5.74, 6) is 1.07. The topological polar surface area (TPSA) is 97.3 Å². The SMILES string of the molecule is CC(C)(C)c1cc(NC(=O)Nc2ccc(-c3cnc4cc(-c5nccs5)ccn34)cc2)no1. The maximum Gasteiger partial charge on any atom is 0.324 e. The fourth-order valence-electron chi connectivity index (χ4n) is 3.38. The summed E-state index contributed by atoms with van der Waals surface area (Å²) >= 11 is 1.60. The van der Waals surface area contributed by atoms with Crippen molar-refractivity contribution in [3.8, 4) is 21.8 Å². The monoisotopic (exact) mass is 458 g/mol. The Morgan fingerprint density at radius 2 is 1.85 bits per heavy atom. The van der Waals surface area contributed by atoms with Crippen molar-refractivity contribution in [1.82, 2.24) is 19.5 Å². The van der Waals surface area contributed by atoms with E-state index < -0.39 is 0 Å². The second kappa shape index (κ2) is 8.18. The lowest BCUT2D eigenvalue weighted by molar-refractivity contribution is 0.262. The van der Waals surface area contributed by atoms with Gasteiger partial charge in [-0.2, -0.15) is 0 Å². The summed E-state index contributed by atoms with van der Waals surface area (Å²) in [7, 11) is 0. The molecule has 0 unspecified atom stereocenters. The molecule has 166 valence electrons. The molecular formula is C24H22N6O2S. The van der Waals surface area contributed by atoms with Crippen LogP contribution >= 0.6 is 11.3 Å². The Morgan fingerprint density at radius 3 is 2.55 bits per heavy atom. The molecule has 0 saturated carbocycles. The van der Waals surface area contributed by atoms with Crippen molar-refractivity contribution in [2.24, 2.45) is 0 Å². The predicted octanol–water partition coefficient (Wildman–Crippen LogP) is 6.05. The van der Waals surface area contributed by atoms with Crippen molar-refractivity contribution in [1.29, 1.82) is 0 Å². The van der Waals surface area contributed by atoms with E-state index in [0.29, 0.717) is 17.3 Å². The van der Waals surface area contributed by atoms with Gasteiger partial charge in [0.05, 0.1) is 11.9 Å². The van der Waals surface area contributed by atoms with E-state index in [2.05, 4.69) is 25.8 Å². The molecule has 5 aromatic rings. The van der Waals surface area contributed by atoms with Crippen LogP contribution in [0.2, 0.25) is 0 Å². The standard InChI is InChI=1S/C24H22N6O2S/c1-24(2,3)19-13-20(29-32-19)28-23(31)27-17-6-4-15(5-7-17)18-14-26-21-12-16(8-10-30(18)21)22-25-9-11-33-22/h4-14H,1-3H3,(H2,27,28,29,31). The van der Waals surface area contributed by atoms with Crippen LogP contribution in [-0.4, -0.2) is 25.6 Å². The summed E-state index contributed by atoms with van der Waals surface area (Å²) in [5, 5.41) is 12.3. The molecule has 0 aliphatic rings. The van der Waals surface area contributed by atoms with E-state index in [1.807, 2.05) is 79.3 Å². The number of carbonyl (C=O) groups is 1. The quantitative estimate of drug-likeness (QED) is 0.341. The third-order valence-electron chi connectivity index (χ3n) is 5.12. The number of fused-ring (bicyclic) bond motifs is 1. The first-order valence-electron chi connectivity index (χ1n) is 10.4. The number of imidazole rings is 1. The van der Waals surface area contributed by atoms with Crippen molar-refractivity contribution in [3.63, 3.8) is 0 Å². The fourth-order valence-corrected chi connectivity index (χ4v) is 4.02. The highest BCUT2D eigenvalue weighted by Crippen LogP contribution is 2.27. The molecule has 4 heterocycles. The molecule has 2 amide bonds. The molecule has 4 aromatic heterocycles. The molecule has 0 saturated heterocycles. The average Bonchev–Trinajstić information content (AvgIpc) is 3.54. The molecule has 0 aliphatic heterocycles. The Hall–Kier alpha value is -3.98. The largest absolute Gasteiger partial charge is 0.359 e. The zero-order valence-electron chi connectivity index (χ0n) is 18.4. The molecule has 8 nitrogen and oxygen atoms in total. The summed E-state index contributed by atoms with van der Waals surface area (Å²) < 4.78 is 7.33. The molecule has 2 N–H and O–H groups in total. The van der Waals surface area contributed by atoms with Crippen LogP contribution < -0.4 is 10.6 Å². The van der Waals surface area contributed by atoms with Crippen molar-refractivity contribution >= 4 is 34.5 Å². The zero-order valence-corrected chi connectivity index (χ0v) is 19.2. The lowest BCUT2D eigenvalue weighted by atomic mass is 9.93. The van der Waals surface area contributed by atoms with Crippen LogP contribution in [-0.2, 0) is 5.41 Å². The van der Waals surface area contributed by atoms with Gasteiger partial charge in [0.2, 0.25) is 0 Å². The van der Waals surface area contributed by atoms with Gasteiger partial charge >= 0.3 is 6.03 Å². The number of nitrogens with zero attached hydrogens (tertiary/aromatic N) is 4. The second-order valence-corrected chi connectivity index (χ2v) is 9.50. The number of anilines is 2. The van der Waals surface area contributed by atoms with E-state index in [1.165, 1.54) is 0 Å². The number of benzene rings is 1. The Balaban J connectivity index is 1.29. The van der Waals surface area contributed by atoms with Crippen molar-refractivity contribution in [3.05, 3.63) is 72.2 Å². The summed E-state index contributed by atoms with van der Waals surface area (Å²) in [5.41, 5.74) is 4.32. The number of hydrogen-bond acceptors (Lipinski definition) is 6. The van der Waals surface area contributed by atoms with Crippen molar-refractivity contribution in [2.45, 2.75) is 26.2 Å². The number of rotatable bonds is 4. The Labute approximate surface area is 194 Å². The Morgan fingerprint density at radius 1 is 1.03 bits per heavy atom. The first-order valence-corrected chi connectivity index (χ1v) is 11.3. The number of amides is 2. The predicted molar refractivity (Wildman–Crippen MR) is 130 cm³/mol. The highest BCUT2D eigenvalue weighted by atomic mass is 32.1. The van der Waals surface area contributed by atoms with E-state index in [1.54, 1.807) is 23.6 Å². The maximum absolute atomic E-state index is 12.3. The molecule has 0 aliphatic carbocycles. The van der Waals surface area contributed by atoms with Gasteiger partial charge < -0.3 is 9.84 Å². The van der Waals surface area contributed by atoms with Gasteiger partial charge in [0.15, 0.2) is 5.82 Å². The van der Waals surface area contributed by atoms with Gasteiger partial charge in [0.25, 0.3) is 0 Å². The number of aromatic nitrogens is 4. The van der Waals surface area contributed by atoms with E-state index in [0.717, 1.165) is 27.5 Å². The Kier molecular flexibility index (Phi) is 5.18. The van der Waals surface area contributed by atoms with Gasteiger partial charge in [0, 0.05) is 46.1 Å². The Bertz CT molecular complexity index is 1410.